The van der Waals surface area contributed by atoms with Crippen LogP contribution in [0.25, 0.3) is 11.0 Å². The second-order valence-electron chi connectivity index (χ2n) is 17.5. The number of H-pyrrole nitrogens is 1. The Kier molecular flexibility index (Phi) is 11.4. The molecule has 2 saturated heterocycles. The van der Waals surface area contributed by atoms with Crippen LogP contribution in [0.4, 0.5) is 17.2 Å². The lowest BCUT2D eigenvalue weighted by Gasteiger charge is -2.56. The largest absolute Gasteiger partial charge is 0.455 e. The van der Waals surface area contributed by atoms with Gasteiger partial charge >= 0.3 is 5.69 Å². The van der Waals surface area contributed by atoms with Gasteiger partial charge in [-0.2, -0.15) is 0 Å². The number of rotatable bonds is 13. The second-order valence-corrected chi connectivity index (χ2v) is 19.2. The number of carbonyl (C=O) groups is 1. The minimum absolute atomic E-state index is 0.00492. The number of benzene rings is 2. The summed E-state index contributed by atoms with van der Waals surface area (Å²) < 4.78 is 35.7. The third-order valence-electron chi connectivity index (χ3n) is 13.8. The number of nitrogens with one attached hydrogen (secondary N) is 3. The predicted molar refractivity (Wildman–Crippen MR) is 235 cm³/mol. The van der Waals surface area contributed by atoms with Crippen LogP contribution in [0.2, 0.25) is 0 Å². The molecule has 4 fully saturated rings. The fourth-order valence-corrected chi connectivity index (χ4v) is 11.3. The van der Waals surface area contributed by atoms with E-state index >= 15 is 0 Å². The van der Waals surface area contributed by atoms with Crippen LogP contribution in [-0.4, -0.2) is 71.3 Å². The monoisotopic (exact) mass is 846 g/mol. The van der Waals surface area contributed by atoms with Gasteiger partial charge in [0.1, 0.15) is 22.0 Å². The van der Waals surface area contributed by atoms with Crippen molar-refractivity contribution in [3.8, 4) is 11.5 Å². The van der Waals surface area contributed by atoms with E-state index in [4.69, 9.17) is 4.74 Å². The molecule has 2 saturated carbocycles. The second kappa shape index (κ2) is 17.1. The first kappa shape index (κ1) is 40.8. The van der Waals surface area contributed by atoms with E-state index in [0.717, 1.165) is 87.9 Å². The van der Waals surface area contributed by atoms with Gasteiger partial charge in [0.15, 0.2) is 0 Å². The number of ether oxygens (including phenoxy) is 1. The van der Waals surface area contributed by atoms with Gasteiger partial charge in [-0.1, -0.05) is 50.5 Å². The van der Waals surface area contributed by atoms with Crippen molar-refractivity contribution < 1.29 is 22.9 Å². The van der Waals surface area contributed by atoms with Crippen LogP contribution in [0.5, 0.6) is 11.5 Å². The van der Waals surface area contributed by atoms with Crippen LogP contribution >= 0.6 is 0 Å². The number of carbonyl (C=O) groups excluding carboxylic acids is 1. The van der Waals surface area contributed by atoms with Crippen LogP contribution in [0.15, 0.2) is 84.1 Å². The zero-order valence-corrected chi connectivity index (χ0v) is 35.5. The van der Waals surface area contributed by atoms with E-state index in [1.165, 1.54) is 43.2 Å². The molecule has 1 amide bonds. The van der Waals surface area contributed by atoms with E-state index in [0.29, 0.717) is 41.4 Å². The smallest absolute Gasteiger partial charge is 0.312 e. The summed E-state index contributed by atoms with van der Waals surface area (Å²) >= 11 is 0. The van der Waals surface area contributed by atoms with Gasteiger partial charge < -0.3 is 19.9 Å². The summed E-state index contributed by atoms with van der Waals surface area (Å²) in [5.41, 5.74) is 4.32. The SMILES string of the molecule is CCc1ccccc1[C@H]1CCCN1C1CC2(CCN(c3ccc(C(=O)NS(=O)(=O)c4cnc(NCC5CCCCC5)c([N+](=O)[O-])c4)c(Oc4cnc5[nH]ccc5c4)c3)CC2)C1. The number of aromatic amines is 1. The van der Waals surface area contributed by atoms with Crippen LogP contribution in [0.3, 0.4) is 0 Å². The number of piperidine rings is 1. The number of hydrogen-bond acceptors (Lipinski definition) is 11. The summed E-state index contributed by atoms with van der Waals surface area (Å²) in [5, 5.41) is 15.9. The molecule has 2 aliphatic heterocycles. The number of sulfonamides is 1. The highest BCUT2D eigenvalue weighted by Gasteiger charge is 2.50. The Labute approximate surface area is 356 Å². The standard InChI is InChI=1S/C46H54N8O6S/c1-2-32-11-6-7-12-38(32)40-13-8-20-53(40)35-26-46(27-35)17-21-52(22-18-46)34-14-15-39(42(24-34)60-36-23-33-16-19-47-43(33)49-29-36)45(55)51-61(58,59)37-25-41(54(56)57)44(50-30-37)48-28-31-9-4-3-5-10-31/h6-7,11-12,14-16,19,23-25,29-31,35,40H,2-5,8-10,13,17-18,20-22,26-28H2,1H3,(H,47,49)(H,48,50)(H,51,55)/t40-/m1/s1. The van der Waals surface area contributed by atoms with Crippen molar-refractivity contribution in [1.82, 2.24) is 24.6 Å². The molecule has 15 heteroatoms. The topological polar surface area (TPSA) is 176 Å². The Bertz CT molecular complexity index is 2520. The van der Waals surface area contributed by atoms with Crippen LogP contribution < -0.4 is 19.7 Å². The summed E-state index contributed by atoms with van der Waals surface area (Å²) in [6.45, 7) is 5.62. The van der Waals surface area contributed by atoms with E-state index < -0.39 is 31.4 Å². The maximum Gasteiger partial charge on any atom is 0.312 e. The van der Waals surface area contributed by atoms with Gasteiger partial charge in [0, 0.05) is 61.1 Å². The molecule has 5 aromatic rings. The first-order valence-corrected chi connectivity index (χ1v) is 23.4. The maximum absolute atomic E-state index is 13.9. The number of aryl methyl sites for hydroxylation is 1. The number of amides is 1. The molecule has 14 nitrogen and oxygen atoms in total. The number of nitro groups is 1. The summed E-state index contributed by atoms with van der Waals surface area (Å²) in [4.78, 5) is 41.5. The number of nitrogens with zero attached hydrogens (tertiary/aromatic N) is 5. The highest BCUT2D eigenvalue weighted by Crippen LogP contribution is 2.54. The fourth-order valence-electron chi connectivity index (χ4n) is 10.4. The molecular formula is C46H54N8O6S. The van der Waals surface area contributed by atoms with Gasteiger partial charge in [-0.15, -0.1) is 0 Å². The molecule has 3 N–H and O–H groups in total. The normalized spacial score (nSPS) is 19.8. The molecule has 3 aromatic heterocycles. The molecule has 5 heterocycles. The Hall–Kier alpha value is -5.54. The molecule has 2 aromatic carbocycles. The molecule has 61 heavy (non-hydrogen) atoms. The molecule has 1 spiro atoms. The minimum Gasteiger partial charge on any atom is -0.455 e. The first-order valence-electron chi connectivity index (χ1n) is 21.9. The fraction of sp³-hybridized carbons (Fsp3) is 0.457. The quantitative estimate of drug-likeness (QED) is 0.0762. The summed E-state index contributed by atoms with van der Waals surface area (Å²) in [6, 6.07) is 19.8. The van der Waals surface area contributed by atoms with E-state index in [9.17, 15) is 23.3 Å². The molecule has 0 unspecified atom stereocenters. The van der Waals surface area contributed by atoms with Gasteiger partial charge in [0.2, 0.25) is 5.82 Å². The molecule has 320 valence electrons. The lowest BCUT2D eigenvalue weighted by molar-refractivity contribution is -0.384. The highest BCUT2D eigenvalue weighted by atomic mass is 32.2. The van der Waals surface area contributed by atoms with Crippen molar-refractivity contribution in [3.63, 3.8) is 0 Å². The molecule has 9 rings (SSSR count). The number of likely N-dealkylation sites (tertiary alicyclic amines) is 1. The van der Waals surface area contributed by atoms with Crippen LogP contribution in [0.1, 0.15) is 105 Å². The zero-order valence-electron chi connectivity index (χ0n) is 34.6. The van der Waals surface area contributed by atoms with Gasteiger partial charge in [0.05, 0.1) is 22.9 Å². The number of hydrogen-bond donors (Lipinski definition) is 3. The average Bonchev–Trinajstić information content (AvgIpc) is 3.95. The van der Waals surface area contributed by atoms with Gasteiger partial charge in [-0.3, -0.25) is 19.8 Å². The lowest BCUT2D eigenvalue weighted by atomic mass is 9.59. The number of fused-ring (bicyclic) bond motifs is 1. The molecule has 0 bridgehead atoms. The van der Waals surface area contributed by atoms with E-state index in [1.54, 1.807) is 30.6 Å². The Morgan fingerprint density at radius 1 is 0.967 bits per heavy atom. The highest BCUT2D eigenvalue weighted by molar-refractivity contribution is 7.90. The Balaban J connectivity index is 0.905. The maximum atomic E-state index is 13.9. The van der Waals surface area contributed by atoms with Gasteiger partial charge in [-0.25, -0.2) is 23.1 Å². The van der Waals surface area contributed by atoms with Gasteiger partial charge in [-0.05, 0) is 111 Å². The van der Waals surface area contributed by atoms with Gasteiger partial charge in [0.25, 0.3) is 15.9 Å². The average molecular weight is 847 g/mol. The third-order valence-corrected chi connectivity index (χ3v) is 15.1. The Morgan fingerprint density at radius 3 is 2.56 bits per heavy atom. The minimum atomic E-state index is -4.58. The predicted octanol–water partition coefficient (Wildman–Crippen LogP) is 8.92. The van der Waals surface area contributed by atoms with Crippen molar-refractivity contribution in [2.75, 3.05) is 36.4 Å². The molecule has 1 atom stereocenters. The molecule has 4 aliphatic rings. The van der Waals surface area contributed by atoms with Crippen molar-refractivity contribution >= 4 is 44.2 Å². The number of aromatic nitrogens is 3. The zero-order chi connectivity index (χ0) is 42.1. The number of pyridine rings is 2. The summed E-state index contributed by atoms with van der Waals surface area (Å²) in [6.07, 6.45) is 17.9. The van der Waals surface area contributed by atoms with E-state index in [2.05, 4.69) is 66.0 Å². The number of anilines is 2. The van der Waals surface area contributed by atoms with Crippen molar-refractivity contribution in [1.29, 1.82) is 0 Å². The lowest BCUT2D eigenvalue weighted by Crippen LogP contribution is -2.54. The van der Waals surface area contributed by atoms with Crippen LogP contribution in [-0.2, 0) is 16.4 Å². The molecule has 0 radical (unpaired) electrons. The Morgan fingerprint density at radius 2 is 1.77 bits per heavy atom. The van der Waals surface area contributed by atoms with Crippen molar-refractivity contribution in [2.24, 2.45) is 11.3 Å². The van der Waals surface area contributed by atoms with Crippen molar-refractivity contribution in [3.05, 3.63) is 106 Å². The van der Waals surface area contributed by atoms with E-state index in [-0.39, 0.29) is 17.1 Å². The van der Waals surface area contributed by atoms with Crippen molar-refractivity contribution in [2.45, 2.75) is 101 Å². The summed E-state index contributed by atoms with van der Waals surface area (Å²) in [5.74, 6) is -0.0537. The molecular weight excluding hydrogens is 793 g/mol. The molecule has 2 aliphatic carbocycles. The summed E-state index contributed by atoms with van der Waals surface area (Å²) in [7, 11) is -4.58. The van der Waals surface area contributed by atoms with E-state index in [1.807, 2.05) is 12.1 Å². The first-order chi connectivity index (χ1) is 29.6. The third kappa shape index (κ3) is 8.54. The van der Waals surface area contributed by atoms with Crippen LogP contribution in [0, 0.1) is 21.4 Å².